The van der Waals surface area contributed by atoms with Crippen LogP contribution in [0.25, 0.3) is 0 Å². The van der Waals surface area contributed by atoms with Crippen LogP contribution in [0.2, 0.25) is 5.02 Å². The van der Waals surface area contributed by atoms with E-state index in [1.165, 1.54) is 11.4 Å². The molecule has 2 N–H and O–H groups in total. The molecule has 0 amide bonds. The molecule has 34 heavy (non-hydrogen) atoms. The minimum absolute atomic E-state index is 0.198. The third kappa shape index (κ3) is 6.81. The lowest BCUT2D eigenvalue weighted by Crippen LogP contribution is -2.26. The zero-order valence-corrected chi connectivity index (χ0v) is 21.2. The molecule has 0 atom stereocenters. The van der Waals surface area contributed by atoms with E-state index in [0.29, 0.717) is 23.2 Å². The quantitative estimate of drug-likeness (QED) is 0.424. The summed E-state index contributed by atoms with van der Waals surface area (Å²) in [6, 6.07) is 12.2. The summed E-state index contributed by atoms with van der Waals surface area (Å²) in [6.07, 6.45) is -1.93. The molecular formula is C24H28ClF3N5P. The lowest BCUT2D eigenvalue weighted by Gasteiger charge is -2.25. The molecule has 0 saturated heterocycles. The fourth-order valence-electron chi connectivity index (χ4n) is 3.54. The Hall–Kier alpha value is -2.41. The second kappa shape index (κ2) is 11.3. The fourth-order valence-corrected chi connectivity index (χ4v) is 4.68. The number of hydrogen-bond donors (Lipinski definition) is 2. The Balaban J connectivity index is 0.000000196. The standard InChI is InChI=1S/C13H16ClN4P.C11H12F3N/c1-15-13-16-8-9(14)12(18-13)17-10-6-4-5-7-11(10)19(2)3;1-15-5-4-8-6-10(11(12,13)14)3-2-9(8)7-15/h4-8H,1-3H3,(H2,15,16,17,18);2-3,6H,4-5,7H2,1H3. The van der Waals surface area contributed by atoms with E-state index in [0.717, 1.165) is 36.0 Å². The Morgan fingerprint density at radius 1 is 1.09 bits per heavy atom. The summed E-state index contributed by atoms with van der Waals surface area (Å²) in [7, 11) is 3.55. The van der Waals surface area contributed by atoms with Crippen molar-refractivity contribution in [3.8, 4) is 0 Å². The molecular weight excluding hydrogens is 482 g/mol. The Kier molecular flexibility index (Phi) is 8.74. The first kappa shape index (κ1) is 26.2. The van der Waals surface area contributed by atoms with Crippen molar-refractivity contribution in [2.75, 3.05) is 44.6 Å². The minimum atomic E-state index is -4.22. The van der Waals surface area contributed by atoms with Gasteiger partial charge in [-0.15, -0.1) is 0 Å². The molecule has 0 unspecified atom stereocenters. The Bertz CT molecular complexity index is 1120. The van der Waals surface area contributed by atoms with Crippen LogP contribution in [0.1, 0.15) is 16.7 Å². The number of para-hydroxylation sites is 1. The molecule has 3 aromatic rings. The van der Waals surface area contributed by atoms with E-state index in [1.807, 2.05) is 25.2 Å². The molecule has 0 fully saturated rings. The van der Waals surface area contributed by atoms with Gasteiger partial charge < -0.3 is 15.5 Å². The summed E-state index contributed by atoms with van der Waals surface area (Å²) in [5, 5.41) is 7.99. The van der Waals surface area contributed by atoms with Crippen LogP contribution in [0.4, 0.5) is 30.6 Å². The number of halogens is 4. The second-order valence-corrected chi connectivity index (χ2v) is 10.8. The van der Waals surface area contributed by atoms with Crippen LogP contribution in [0, 0.1) is 0 Å². The number of likely N-dealkylation sites (N-methyl/N-ethyl adjacent to an activating group) is 1. The number of fused-ring (bicyclic) bond motifs is 1. The molecule has 0 saturated carbocycles. The van der Waals surface area contributed by atoms with Gasteiger partial charge in [0.05, 0.1) is 11.8 Å². The van der Waals surface area contributed by atoms with Gasteiger partial charge in [-0.25, -0.2) is 4.98 Å². The summed E-state index contributed by atoms with van der Waals surface area (Å²) in [5.41, 5.74) is 2.35. The molecule has 0 aliphatic carbocycles. The lowest BCUT2D eigenvalue weighted by molar-refractivity contribution is -0.137. The van der Waals surface area contributed by atoms with Crippen molar-refractivity contribution < 1.29 is 13.2 Å². The number of rotatable bonds is 4. The van der Waals surface area contributed by atoms with Crippen LogP contribution in [0.3, 0.4) is 0 Å². The molecule has 2 aromatic carbocycles. The van der Waals surface area contributed by atoms with Gasteiger partial charge in [-0.05, 0) is 61.4 Å². The fraction of sp³-hybridized carbons (Fsp3) is 0.333. The van der Waals surface area contributed by atoms with Gasteiger partial charge in [-0.2, -0.15) is 18.2 Å². The van der Waals surface area contributed by atoms with E-state index in [9.17, 15) is 13.2 Å². The van der Waals surface area contributed by atoms with E-state index in [1.54, 1.807) is 19.3 Å². The minimum Gasteiger partial charge on any atom is -0.357 e. The van der Waals surface area contributed by atoms with Crippen molar-refractivity contribution in [1.82, 2.24) is 14.9 Å². The third-order valence-corrected chi connectivity index (χ3v) is 6.97. The number of benzene rings is 2. The zero-order valence-electron chi connectivity index (χ0n) is 19.5. The Morgan fingerprint density at radius 2 is 1.82 bits per heavy atom. The number of hydrogen-bond acceptors (Lipinski definition) is 5. The number of alkyl halides is 3. The summed E-state index contributed by atoms with van der Waals surface area (Å²) >= 11 is 6.13. The smallest absolute Gasteiger partial charge is 0.357 e. The van der Waals surface area contributed by atoms with E-state index < -0.39 is 11.7 Å². The van der Waals surface area contributed by atoms with Crippen molar-refractivity contribution in [2.24, 2.45) is 0 Å². The highest BCUT2D eigenvalue weighted by Crippen LogP contribution is 2.32. The number of aromatic nitrogens is 2. The number of nitrogens with zero attached hydrogens (tertiary/aromatic N) is 3. The van der Waals surface area contributed by atoms with E-state index in [-0.39, 0.29) is 7.92 Å². The van der Waals surface area contributed by atoms with E-state index >= 15 is 0 Å². The molecule has 0 radical (unpaired) electrons. The van der Waals surface area contributed by atoms with Gasteiger partial charge in [0.25, 0.3) is 0 Å². The van der Waals surface area contributed by atoms with Crippen LogP contribution < -0.4 is 15.9 Å². The summed E-state index contributed by atoms with van der Waals surface area (Å²) in [5.74, 6) is 1.16. The molecule has 1 aliphatic heterocycles. The van der Waals surface area contributed by atoms with Crippen LogP contribution in [-0.4, -0.2) is 48.8 Å². The molecule has 182 valence electrons. The normalized spacial score (nSPS) is 13.7. The lowest BCUT2D eigenvalue weighted by atomic mass is 9.97. The van der Waals surface area contributed by atoms with Gasteiger partial charge in [-0.1, -0.05) is 43.8 Å². The van der Waals surface area contributed by atoms with E-state index in [4.69, 9.17) is 11.6 Å². The number of nitrogens with one attached hydrogen (secondary N) is 2. The second-order valence-electron chi connectivity index (χ2n) is 8.15. The van der Waals surface area contributed by atoms with Crippen molar-refractivity contribution in [3.63, 3.8) is 0 Å². The van der Waals surface area contributed by atoms with Gasteiger partial charge in [0.15, 0.2) is 5.82 Å². The topological polar surface area (TPSA) is 53.1 Å². The Morgan fingerprint density at radius 3 is 2.50 bits per heavy atom. The Labute approximate surface area is 204 Å². The zero-order chi connectivity index (χ0) is 24.9. The van der Waals surface area contributed by atoms with Crippen molar-refractivity contribution >= 4 is 42.3 Å². The summed E-state index contributed by atoms with van der Waals surface area (Å²) in [4.78, 5) is 10.5. The van der Waals surface area contributed by atoms with Gasteiger partial charge in [-0.3, -0.25) is 0 Å². The van der Waals surface area contributed by atoms with Crippen molar-refractivity contribution in [2.45, 2.75) is 19.1 Å². The highest BCUT2D eigenvalue weighted by Gasteiger charge is 2.31. The first-order chi connectivity index (χ1) is 16.1. The summed E-state index contributed by atoms with van der Waals surface area (Å²) in [6.45, 7) is 6.01. The van der Waals surface area contributed by atoms with Crippen molar-refractivity contribution in [3.05, 3.63) is 70.4 Å². The van der Waals surface area contributed by atoms with Gasteiger partial charge in [0, 0.05) is 25.8 Å². The average molecular weight is 510 g/mol. The molecule has 1 aliphatic rings. The first-order valence-corrected chi connectivity index (χ1v) is 13.3. The maximum atomic E-state index is 12.4. The first-order valence-electron chi connectivity index (χ1n) is 10.7. The maximum absolute atomic E-state index is 12.4. The monoisotopic (exact) mass is 509 g/mol. The highest BCUT2D eigenvalue weighted by molar-refractivity contribution is 7.64. The molecule has 1 aromatic heterocycles. The molecule has 2 heterocycles. The van der Waals surface area contributed by atoms with Gasteiger partial charge >= 0.3 is 6.18 Å². The van der Waals surface area contributed by atoms with Gasteiger partial charge in [0.1, 0.15) is 5.02 Å². The van der Waals surface area contributed by atoms with Crippen LogP contribution in [-0.2, 0) is 19.1 Å². The predicted octanol–water partition coefficient (Wildman–Crippen LogP) is 5.98. The molecule has 4 rings (SSSR count). The molecule has 10 heteroatoms. The van der Waals surface area contributed by atoms with Crippen LogP contribution >= 0.6 is 19.5 Å². The molecule has 0 bridgehead atoms. The van der Waals surface area contributed by atoms with E-state index in [2.05, 4.69) is 44.9 Å². The number of anilines is 3. The molecule has 0 spiro atoms. The van der Waals surface area contributed by atoms with Crippen molar-refractivity contribution in [1.29, 1.82) is 0 Å². The van der Waals surface area contributed by atoms with Gasteiger partial charge in [0.2, 0.25) is 5.95 Å². The SMILES string of the molecule is CN1CCc2cc(C(F)(F)F)ccc2C1.CNc1ncc(Cl)c(Nc2ccccc2P(C)C)n1. The molecule has 5 nitrogen and oxygen atoms in total. The average Bonchev–Trinajstić information content (AvgIpc) is 2.80. The van der Waals surface area contributed by atoms with Crippen LogP contribution in [0.5, 0.6) is 0 Å². The van der Waals surface area contributed by atoms with Crippen LogP contribution in [0.15, 0.2) is 48.7 Å². The predicted molar refractivity (Wildman–Crippen MR) is 136 cm³/mol. The summed E-state index contributed by atoms with van der Waals surface area (Å²) < 4.78 is 37.3. The third-order valence-electron chi connectivity index (χ3n) is 5.34. The highest BCUT2D eigenvalue weighted by atomic mass is 35.5. The largest absolute Gasteiger partial charge is 0.416 e. The maximum Gasteiger partial charge on any atom is 0.416 e.